The van der Waals surface area contributed by atoms with E-state index < -0.39 is 26.0 Å². The molecule has 0 spiro atoms. The lowest BCUT2D eigenvalue weighted by Gasteiger charge is -2.40. The summed E-state index contributed by atoms with van der Waals surface area (Å²) in [5.74, 6) is 0.693. The summed E-state index contributed by atoms with van der Waals surface area (Å²) in [4.78, 5) is 10.3. The predicted octanol–water partition coefficient (Wildman–Crippen LogP) is 15.4. The Balaban J connectivity index is 1.32. The van der Waals surface area contributed by atoms with Crippen molar-refractivity contribution in [3.8, 4) is 67.5 Å². The molecule has 4 heteroatoms. The maximum absolute atomic E-state index is 11.5. The van der Waals surface area contributed by atoms with E-state index in [1.807, 2.05) is 42.5 Å². The normalized spacial score (nSPS) is 15.4. The number of pyridine rings is 1. The van der Waals surface area contributed by atoms with E-state index in [1.165, 1.54) is 17.7 Å². The summed E-state index contributed by atoms with van der Waals surface area (Å²) in [7, 11) is 0. The molecule has 0 fully saturated rings. The Kier molecular flexibility index (Phi) is 7.94. The molecular weight excluding hydrogens is 743 g/mol. The van der Waals surface area contributed by atoms with Gasteiger partial charge in [-0.25, -0.2) is 4.98 Å². The third-order valence-electron chi connectivity index (χ3n) is 12.6. The number of aromatic nitrogens is 3. The Morgan fingerprint density at radius 3 is 1.87 bits per heavy atom. The molecular formula is C57H59N3O. The first-order valence-corrected chi connectivity index (χ1v) is 20.8. The van der Waals surface area contributed by atoms with Gasteiger partial charge < -0.3 is 5.11 Å². The lowest BCUT2D eigenvalue weighted by molar-refractivity contribution is 0.225. The summed E-state index contributed by atoms with van der Waals surface area (Å²) in [6.45, 7) is 7.74. The van der Waals surface area contributed by atoms with Crippen LogP contribution in [0, 0.1) is 5.41 Å². The summed E-state index contributed by atoms with van der Waals surface area (Å²) in [5.41, 5.74) is 8.08. The zero-order chi connectivity index (χ0) is 51.0. The highest BCUT2D eigenvalue weighted by Crippen LogP contribution is 2.45. The van der Waals surface area contributed by atoms with Crippen molar-refractivity contribution < 1.29 is 17.4 Å². The van der Waals surface area contributed by atoms with Crippen molar-refractivity contribution in [3.63, 3.8) is 0 Å². The van der Waals surface area contributed by atoms with Crippen LogP contribution in [0.15, 0.2) is 152 Å². The Hall–Kier alpha value is -6.26. The van der Waals surface area contributed by atoms with E-state index in [4.69, 9.17) is 22.3 Å². The van der Waals surface area contributed by atoms with Crippen molar-refractivity contribution in [2.24, 2.45) is 5.41 Å². The quantitative estimate of drug-likeness (QED) is 0.174. The molecule has 8 aromatic rings. The number of aromatic hydroxyl groups is 1. The fraction of sp³-hybridized carbons (Fsp3) is 0.263. The van der Waals surface area contributed by atoms with Gasteiger partial charge in [0.05, 0.1) is 28.0 Å². The second kappa shape index (κ2) is 15.3. The van der Waals surface area contributed by atoms with Crippen LogP contribution in [-0.2, 0) is 16.2 Å². The minimum Gasteiger partial charge on any atom is -0.507 e. The molecule has 2 heterocycles. The van der Waals surface area contributed by atoms with E-state index in [-0.39, 0.29) is 27.6 Å². The molecule has 0 amide bonds. The van der Waals surface area contributed by atoms with Crippen molar-refractivity contribution in [1.82, 2.24) is 14.5 Å². The van der Waals surface area contributed by atoms with Crippen molar-refractivity contribution in [3.05, 3.63) is 168 Å². The van der Waals surface area contributed by atoms with Gasteiger partial charge in [-0.15, -0.1) is 0 Å². The molecule has 308 valence electrons. The summed E-state index contributed by atoms with van der Waals surface area (Å²) in [6.07, 6.45) is 1.68. The maximum atomic E-state index is 11.5. The smallest absolute Gasteiger partial charge is 0.149 e. The number of benzene rings is 6. The summed E-state index contributed by atoms with van der Waals surface area (Å²) >= 11 is 0. The van der Waals surface area contributed by atoms with Crippen molar-refractivity contribution in [2.75, 3.05) is 0 Å². The highest BCUT2D eigenvalue weighted by molar-refractivity contribution is 5.97. The molecule has 1 N–H and O–H groups in total. The van der Waals surface area contributed by atoms with Gasteiger partial charge >= 0.3 is 0 Å². The Labute approximate surface area is 375 Å². The third-order valence-corrected chi connectivity index (χ3v) is 12.6. The van der Waals surface area contributed by atoms with E-state index in [2.05, 4.69) is 121 Å². The van der Waals surface area contributed by atoms with Crippen LogP contribution >= 0.6 is 0 Å². The van der Waals surface area contributed by atoms with Crippen LogP contribution < -0.4 is 0 Å². The van der Waals surface area contributed by atoms with Crippen molar-refractivity contribution in [1.29, 1.82) is 0 Å². The highest BCUT2D eigenvalue weighted by Gasteiger charge is 2.35. The van der Waals surface area contributed by atoms with E-state index in [1.54, 1.807) is 36.5 Å². The summed E-state index contributed by atoms with van der Waals surface area (Å²) < 4.78 is 75.8. The SMILES string of the molecule is [2H]C([2H])([2H])C(c1ccc(-c2ccnc(-c3cc(-c4cccc5c4nc(-c4ccccc4O)n5-c4ccc(C(C)(C)C(C)(C)C)cc4-c4ccccc4)cc(C(C)(C)C)c3)c2)cc1)(C([2H])([2H])[2H])C([2H])([2H])[2H]. The number of imidazole rings is 1. The monoisotopic (exact) mass is 811 g/mol. The molecule has 0 aliphatic heterocycles. The number of hydrogen-bond donors (Lipinski definition) is 1. The Morgan fingerprint density at radius 1 is 0.508 bits per heavy atom. The fourth-order valence-electron chi connectivity index (χ4n) is 7.87. The topological polar surface area (TPSA) is 50.9 Å². The molecule has 0 saturated carbocycles. The van der Waals surface area contributed by atoms with Crippen LogP contribution in [0.2, 0.25) is 0 Å². The highest BCUT2D eigenvalue weighted by atomic mass is 16.3. The van der Waals surface area contributed by atoms with Gasteiger partial charge in [0.1, 0.15) is 11.6 Å². The largest absolute Gasteiger partial charge is 0.507 e. The molecule has 61 heavy (non-hydrogen) atoms. The molecule has 2 aromatic heterocycles. The number of nitrogens with zero attached hydrogens (tertiary/aromatic N) is 3. The van der Waals surface area contributed by atoms with Crippen LogP contribution in [-0.4, -0.2) is 19.6 Å². The van der Waals surface area contributed by atoms with Gasteiger partial charge in [-0.2, -0.15) is 0 Å². The van der Waals surface area contributed by atoms with Crippen molar-refractivity contribution >= 4 is 11.0 Å². The molecule has 0 radical (unpaired) electrons. The minimum absolute atomic E-state index is 0.0363. The van der Waals surface area contributed by atoms with E-state index in [0.717, 1.165) is 50.1 Å². The predicted molar refractivity (Wildman–Crippen MR) is 258 cm³/mol. The van der Waals surface area contributed by atoms with E-state index >= 15 is 0 Å². The molecule has 6 aromatic carbocycles. The Bertz CT molecular complexity index is 3190. The van der Waals surface area contributed by atoms with Crippen LogP contribution in [0.1, 0.15) is 105 Å². The number of rotatable bonds is 7. The van der Waals surface area contributed by atoms with Crippen LogP contribution in [0.25, 0.3) is 72.7 Å². The lowest BCUT2D eigenvalue weighted by Crippen LogP contribution is -2.34. The third kappa shape index (κ3) is 7.92. The Morgan fingerprint density at radius 2 is 1.18 bits per heavy atom. The van der Waals surface area contributed by atoms with Crippen LogP contribution in [0.4, 0.5) is 0 Å². The molecule has 4 nitrogen and oxygen atoms in total. The van der Waals surface area contributed by atoms with Gasteiger partial charge in [0, 0.05) is 35.2 Å². The molecule has 0 bridgehead atoms. The van der Waals surface area contributed by atoms with Gasteiger partial charge in [-0.05, 0) is 115 Å². The lowest BCUT2D eigenvalue weighted by atomic mass is 9.65. The summed E-state index contributed by atoms with van der Waals surface area (Å²) in [5, 5.41) is 11.5. The van der Waals surface area contributed by atoms with Gasteiger partial charge in [0.25, 0.3) is 0 Å². The molecule has 0 atom stereocenters. The average Bonchev–Trinajstić information content (AvgIpc) is 3.67. The molecule has 0 aliphatic rings. The second-order valence-electron chi connectivity index (χ2n) is 18.7. The number of phenols is 1. The fourth-order valence-corrected chi connectivity index (χ4v) is 7.87. The van der Waals surface area contributed by atoms with E-state index in [9.17, 15) is 5.11 Å². The number of hydrogen-bond acceptors (Lipinski definition) is 3. The standard InChI is InChI=1S/C57H59N3O/c1-54(2,3)42-26-24-37(25-27-42)39-30-31-58-48(35-39)41-32-40(33-44(34-41)55(4,5)6)45-21-17-22-50-52(45)59-53(46-20-15-16-23-51(46)61)60(50)49-29-28-43(57(10,11)56(7,8)9)36-47(49)38-18-13-12-14-19-38/h12-36,61H,1-11H3/i1D3,2D3,3D3. The zero-order valence-electron chi connectivity index (χ0n) is 45.2. The van der Waals surface area contributed by atoms with Crippen molar-refractivity contribution in [2.45, 2.75) is 92.2 Å². The van der Waals surface area contributed by atoms with Gasteiger partial charge in [-0.3, -0.25) is 9.55 Å². The first-order chi connectivity index (χ1) is 32.6. The average molecular weight is 811 g/mol. The van der Waals surface area contributed by atoms with Crippen LogP contribution in [0.5, 0.6) is 5.75 Å². The first kappa shape index (κ1) is 31.6. The van der Waals surface area contributed by atoms with Gasteiger partial charge in [0.15, 0.2) is 0 Å². The van der Waals surface area contributed by atoms with Crippen LogP contribution in [0.3, 0.4) is 0 Å². The zero-order valence-corrected chi connectivity index (χ0v) is 36.2. The number of phenolic OH excluding ortho intramolecular Hbond substituents is 1. The van der Waals surface area contributed by atoms with Gasteiger partial charge in [0.2, 0.25) is 0 Å². The second-order valence-corrected chi connectivity index (χ2v) is 18.7. The number of para-hydroxylation sites is 2. The summed E-state index contributed by atoms with van der Waals surface area (Å²) in [6, 6.07) is 46.3. The molecule has 0 aliphatic carbocycles. The number of fused-ring (bicyclic) bond motifs is 1. The van der Waals surface area contributed by atoms with E-state index in [0.29, 0.717) is 28.2 Å². The molecule has 8 rings (SSSR count). The maximum Gasteiger partial charge on any atom is 0.149 e. The minimum atomic E-state index is -3.36. The molecule has 0 unspecified atom stereocenters. The van der Waals surface area contributed by atoms with Gasteiger partial charge in [-0.1, -0.05) is 167 Å². The molecule has 0 saturated heterocycles. The first-order valence-electron chi connectivity index (χ1n) is 25.3.